The topological polar surface area (TPSA) is 66.4 Å². The van der Waals surface area contributed by atoms with Gasteiger partial charge in [-0.25, -0.2) is 0 Å². The van der Waals surface area contributed by atoms with Crippen LogP contribution in [0.5, 0.6) is 0 Å². The number of rotatable bonds is 3. The summed E-state index contributed by atoms with van der Waals surface area (Å²) in [6.07, 6.45) is -0.507. The van der Waals surface area contributed by atoms with E-state index < -0.39 is 18.3 Å². The molecule has 15 heavy (non-hydrogen) atoms. The first-order chi connectivity index (χ1) is 6.97. The van der Waals surface area contributed by atoms with Crippen LogP contribution in [-0.2, 0) is 9.59 Å². The molecule has 0 heterocycles. The summed E-state index contributed by atoms with van der Waals surface area (Å²) in [5.41, 5.74) is 2.69. The summed E-state index contributed by atoms with van der Waals surface area (Å²) in [5, 5.41) is 10.9. The average Bonchev–Trinajstić information content (AvgIpc) is 1.98. The number of aliphatic carboxylic acids is 1. The summed E-state index contributed by atoms with van der Waals surface area (Å²) >= 11 is 0. The number of carbonyl (C=O) groups is 2. The normalized spacial score (nSPS) is 9.73. The van der Waals surface area contributed by atoms with Crippen LogP contribution in [0.2, 0.25) is 0 Å². The molecule has 80 valence electrons. The SMILES string of the molecule is Cc1cc(C)cc(NC(=O)CC(=O)O)c1. The van der Waals surface area contributed by atoms with E-state index in [4.69, 9.17) is 5.11 Å². The van der Waals surface area contributed by atoms with Crippen molar-refractivity contribution >= 4 is 17.6 Å². The average molecular weight is 207 g/mol. The summed E-state index contributed by atoms with van der Waals surface area (Å²) in [6.45, 7) is 3.83. The summed E-state index contributed by atoms with van der Waals surface area (Å²) in [5.74, 6) is -1.63. The molecule has 0 unspecified atom stereocenters. The Bertz CT molecular complexity index is 379. The molecule has 1 rings (SSSR count). The van der Waals surface area contributed by atoms with Gasteiger partial charge in [-0.1, -0.05) is 6.07 Å². The summed E-state index contributed by atoms with van der Waals surface area (Å²) in [4.78, 5) is 21.4. The van der Waals surface area contributed by atoms with Gasteiger partial charge in [0.05, 0.1) is 0 Å². The highest BCUT2D eigenvalue weighted by atomic mass is 16.4. The third kappa shape index (κ3) is 3.81. The molecule has 1 aromatic carbocycles. The van der Waals surface area contributed by atoms with Gasteiger partial charge < -0.3 is 10.4 Å². The van der Waals surface area contributed by atoms with Crippen molar-refractivity contribution < 1.29 is 14.7 Å². The van der Waals surface area contributed by atoms with Gasteiger partial charge in [-0.05, 0) is 37.1 Å². The zero-order chi connectivity index (χ0) is 11.4. The lowest BCUT2D eigenvalue weighted by atomic mass is 10.1. The van der Waals surface area contributed by atoms with Gasteiger partial charge in [0.25, 0.3) is 0 Å². The largest absolute Gasteiger partial charge is 0.481 e. The molecular formula is C11H13NO3. The highest BCUT2D eigenvalue weighted by molar-refractivity contribution is 6.01. The van der Waals surface area contributed by atoms with Gasteiger partial charge in [0, 0.05) is 5.69 Å². The van der Waals surface area contributed by atoms with E-state index in [1.54, 1.807) is 12.1 Å². The van der Waals surface area contributed by atoms with Gasteiger partial charge in [-0.3, -0.25) is 9.59 Å². The number of carbonyl (C=O) groups excluding carboxylic acids is 1. The van der Waals surface area contributed by atoms with E-state index in [9.17, 15) is 9.59 Å². The molecule has 0 saturated carbocycles. The lowest BCUT2D eigenvalue weighted by Crippen LogP contribution is -2.15. The minimum absolute atomic E-state index is 0.507. The molecule has 0 bridgehead atoms. The highest BCUT2D eigenvalue weighted by Gasteiger charge is 2.07. The van der Waals surface area contributed by atoms with Crippen LogP contribution in [0.1, 0.15) is 17.5 Å². The number of amides is 1. The number of anilines is 1. The van der Waals surface area contributed by atoms with Crippen LogP contribution in [0.25, 0.3) is 0 Å². The number of benzene rings is 1. The Morgan fingerprint density at radius 3 is 2.20 bits per heavy atom. The molecule has 2 N–H and O–H groups in total. The van der Waals surface area contributed by atoms with Crippen LogP contribution in [0, 0.1) is 13.8 Å². The summed E-state index contributed by atoms with van der Waals surface area (Å²) in [6, 6.07) is 5.58. The second kappa shape index (κ2) is 4.59. The van der Waals surface area contributed by atoms with Crippen LogP contribution < -0.4 is 5.32 Å². The van der Waals surface area contributed by atoms with Crippen LogP contribution >= 0.6 is 0 Å². The first kappa shape index (κ1) is 11.2. The van der Waals surface area contributed by atoms with Crippen molar-refractivity contribution in [3.63, 3.8) is 0 Å². The Kier molecular flexibility index (Phi) is 3.44. The third-order valence-corrected chi connectivity index (χ3v) is 1.82. The van der Waals surface area contributed by atoms with Gasteiger partial charge in [-0.15, -0.1) is 0 Å². The molecule has 0 spiro atoms. The minimum atomic E-state index is -1.13. The maximum atomic E-state index is 11.2. The molecule has 4 heteroatoms. The number of hydrogen-bond donors (Lipinski definition) is 2. The molecule has 0 aliphatic rings. The van der Waals surface area contributed by atoms with Crippen molar-refractivity contribution in [1.82, 2.24) is 0 Å². The lowest BCUT2D eigenvalue weighted by Gasteiger charge is -2.05. The standard InChI is InChI=1S/C11H13NO3/c1-7-3-8(2)5-9(4-7)12-10(13)6-11(14)15/h3-5H,6H2,1-2H3,(H,12,13)(H,14,15). The van der Waals surface area contributed by atoms with Crippen molar-refractivity contribution in [2.24, 2.45) is 0 Å². The van der Waals surface area contributed by atoms with Crippen LogP contribution in [0.3, 0.4) is 0 Å². The van der Waals surface area contributed by atoms with Crippen molar-refractivity contribution in [3.8, 4) is 0 Å². The van der Waals surface area contributed by atoms with Gasteiger partial charge in [0.1, 0.15) is 6.42 Å². The maximum absolute atomic E-state index is 11.2. The molecule has 0 aliphatic carbocycles. The maximum Gasteiger partial charge on any atom is 0.312 e. The van der Waals surface area contributed by atoms with E-state index >= 15 is 0 Å². The van der Waals surface area contributed by atoms with E-state index in [1.165, 1.54) is 0 Å². The number of aryl methyl sites for hydroxylation is 2. The second-order valence-electron chi connectivity index (χ2n) is 3.50. The molecule has 1 aromatic rings. The number of hydrogen-bond acceptors (Lipinski definition) is 2. The Balaban J connectivity index is 2.72. The molecule has 0 aliphatic heterocycles. The monoisotopic (exact) mass is 207 g/mol. The molecular weight excluding hydrogens is 194 g/mol. The van der Waals surface area contributed by atoms with E-state index in [1.807, 2.05) is 19.9 Å². The number of nitrogens with one attached hydrogen (secondary N) is 1. The Hall–Kier alpha value is -1.84. The zero-order valence-corrected chi connectivity index (χ0v) is 8.70. The van der Waals surface area contributed by atoms with Crippen LogP contribution in [-0.4, -0.2) is 17.0 Å². The quantitative estimate of drug-likeness (QED) is 0.741. The van der Waals surface area contributed by atoms with Crippen molar-refractivity contribution in [2.45, 2.75) is 20.3 Å². The molecule has 0 aromatic heterocycles. The zero-order valence-electron chi connectivity index (χ0n) is 8.70. The fraction of sp³-hybridized carbons (Fsp3) is 0.273. The fourth-order valence-electron chi connectivity index (χ4n) is 1.39. The van der Waals surface area contributed by atoms with E-state index in [0.29, 0.717) is 5.69 Å². The molecule has 0 saturated heterocycles. The van der Waals surface area contributed by atoms with Crippen molar-refractivity contribution in [1.29, 1.82) is 0 Å². The van der Waals surface area contributed by atoms with E-state index in [0.717, 1.165) is 11.1 Å². The van der Waals surface area contributed by atoms with Crippen LogP contribution in [0.15, 0.2) is 18.2 Å². The van der Waals surface area contributed by atoms with Gasteiger partial charge in [-0.2, -0.15) is 0 Å². The predicted molar refractivity (Wildman–Crippen MR) is 56.8 cm³/mol. The number of carboxylic acid groups (broad SMARTS) is 1. The Labute approximate surface area is 87.9 Å². The van der Waals surface area contributed by atoms with E-state index in [2.05, 4.69) is 5.32 Å². The van der Waals surface area contributed by atoms with Crippen LogP contribution in [0.4, 0.5) is 5.69 Å². The second-order valence-corrected chi connectivity index (χ2v) is 3.50. The first-order valence-electron chi connectivity index (χ1n) is 4.57. The predicted octanol–water partition coefficient (Wildman–Crippen LogP) is 1.72. The molecule has 0 fully saturated rings. The number of carboxylic acids is 1. The van der Waals surface area contributed by atoms with Gasteiger partial charge in [0.2, 0.25) is 5.91 Å². The highest BCUT2D eigenvalue weighted by Crippen LogP contribution is 2.13. The molecule has 0 atom stereocenters. The lowest BCUT2D eigenvalue weighted by molar-refractivity contribution is -0.139. The third-order valence-electron chi connectivity index (χ3n) is 1.82. The fourth-order valence-corrected chi connectivity index (χ4v) is 1.39. The molecule has 0 radical (unpaired) electrons. The van der Waals surface area contributed by atoms with Gasteiger partial charge >= 0.3 is 5.97 Å². The van der Waals surface area contributed by atoms with Gasteiger partial charge in [0.15, 0.2) is 0 Å². The Morgan fingerprint density at radius 1 is 1.20 bits per heavy atom. The smallest absolute Gasteiger partial charge is 0.312 e. The minimum Gasteiger partial charge on any atom is -0.481 e. The Morgan fingerprint density at radius 2 is 1.73 bits per heavy atom. The van der Waals surface area contributed by atoms with E-state index in [-0.39, 0.29) is 0 Å². The molecule has 1 amide bonds. The molecule has 4 nitrogen and oxygen atoms in total. The van der Waals surface area contributed by atoms with Crippen molar-refractivity contribution in [2.75, 3.05) is 5.32 Å². The first-order valence-corrected chi connectivity index (χ1v) is 4.57. The summed E-state index contributed by atoms with van der Waals surface area (Å²) < 4.78 is 0. The van der Waals surface area contributed by atoms with Crippen molar-refractivity contribution in [3.05, 3.63) is 29.3 Å². The summed E-state index contributed by atoms with van der Waals surface area (Å²) in [7, 11) is 0.